The number of fused-ring (bicyclic) bond motifs is 1. The van der Waals surface area contributed by atoms with Crippen molar-refractivity contribution in [3.05, 3.63) is 76.8 Å². The van der Waals surface area contributed by atoms with E-state index < -0.39 is 12.1 Å². The van der Waals surface area contributed by atoms with Gasteiger partial charge in [-0.1, -0.05) is 36.4 Å². The maximum Gasteiger partial charge on any atom is 0.326 e. The molecule has 3 rings (SSSR count). The number of esters is 1. The number of hydrogen-bond donors (Lipinski definition) is 0. The first-order chi connectivity index (χ1) is 12.4. The molecule has 26 heavy (non-hydrogen) atoms. The van der Waals surface area contributed by atoms with E-state index in [2.05, 4.69) is 6.58 Å². The van der Waals surface area contributed by atoms with Crippen LogP contribution in [0.15, 0.2) is 55.1 Å². The van der Waals surface area contributed by atoms with E-state index >= 15 is 0 Å². The van der Waals surface area contributed by atoms with Gasteiger partial charge in [0.25, 0.3) is 5.91 Å². The number of Topliss-reactive ketones (excluding diaryl/α,β-unsaturated/α-hetero) is 1. The first-order valence-electron chi connectivity index (χ1n) is 7.98. The molecule has 5 nitrogen and oxygen atoms in total. The summed E-state index contributed by atoms with van der Waals surface area (Å²) in [6, 6.07) is 13.3. The molecule has 1 unspecified atom stereocenters. The molecule has 0 bridgehead atoms. The van der Waals surface area contributed by atoms with Crippen LogP contribution in [0.5, 0.6) is 0 Å². The Hall–Kier alpha value is -2.92. The van der Waals surface area contributed by atoms with Gasteiger partial charge in [-0.05, 0) is 37.3 Å². The largest absolute Gasteiger partial charge is 0.453 e. The SMILES string of the molecule is C=C1c2ccccc2C(=O)N1CC(=O)OC(C)C(=O)c1ccc(Cl)cc1. The molecule has 0 spiro atoms. The smallest absolute Gasteiger partial charge is 0.326 e. The van der Waals surface area contributed by atoms with E-state index in [-0.39, 0.29) is 18.2 Å². The van der Waals surface area contributed by atoms with Crippen molar-refractivity contribution in [1.82, 2.24) is 4.90 Å². The molecule has 1 heterocycles. The van der Waals surface area contributed by atoms with E-state index in [1.807, 2.05) is 0 Å². The van der Waals surface area contributed by atoms with E-state index in [0.29, 0.717) is 27.4 Å². The topological polar surface area (TPSA) is 63.7 Å². The van der Waals surface area contributed by atoms with Crippen LogP contribution in [0.2, 0.25) is 5.02 Å². The maximum absolute atomic E-state index is 12.4. The van der Waals surface area contributed by atoms with Crippen molar-refractivity contribution in [2.75, 3.05) is 6.54 Å². The van der Waals surface area contributed by atoms with E-state index in [4.69, 9.17) is 16.3 Å². The first kappa shape index (κ1) is 17.9. The molecule has 0 saturated carbocycles. The summed E-state index contributed by atoms with van der Waals surface area (Å²) in [5, 5.41) is 0.511. The second-order valence-corrected chi connectivity index (χ2v) is 6.32. The molecule has 0 radical (unpaired) electrons. The van der Waals surface area contributed by atoms with Gasteiger partial charge in [-0.2, -0.15) is 0 Å². The third-order valence-corrected chi connectivity index (χ3v) is 4.38. The molecule has 0 N–H and O–H groups in total. The van der Waals surface area contributed by atoms with Gasteiger partial charge < -0.3 is 4.74 Å². The Kier molecular flexibility index (Phi) is 4.91. The zero-order valence-corrected chi connectivity index (χ0v) is 14.8. The van der Waals surface area contributed by atoms with Gasteiger partial charge in [0, 0.05) is 27.4 Å². The van der Waals surface area contributed by atoms with E-state index in [1.54, 1.807) is 48.5 Å². The molecule has 2 aromatic rings. The van der Waals surface area contributed by atoms with Gasteiger partial charge in [0.1, 0.15) is 6.54 Å². The molecule has 6 heteroatoms. The number of carbonyl (C=O) groups excluding carboxylic acids is 3. The fourth-order valence-corrected chi connectivity index (χ4v) is 2.89. The minimum absolute atomic E-state index is 0.301. The van der Waals surface area contributed by atoms with Crippen molar-refractivity contribution >= 4 is 35.0 Å². The summed E-state index contributed by atoms with van der Waals surface area (Å²) in [6.45, 7) is 5.06. The van der Waals surface area contributed by atoms with Crippen LogP contribution in [-0.4, -0.2) is 35.2 Å². The second-order valence-electron chi connectivity index (χ2n) is 5.89. The van der Waals surface area contributed by atoms with Gasteiger partial charge in [0.15, 0.2) is 6.10 Å². The maximum atomic E-state index is 12.4. The van der Waals surface area contributed by atoms with Crippen molar-refractivity contribution in [2.24, 2.45) is 0 Å². The van der Waals surface area contributed by atoms with Crippen LogP contribution in [0.1, 0.15) is 33.2 Å². The highest BCUT2D eigenvalue weighted by Gasteiger charge is 2.33. The molecule has 0 saturated heterocycles. The summed E-state index contributed by atoms with van der Waals surface area (Å²) < 4.78 is 5.20. The Bertz CT molecular complexity index is 869. The van der Waals surface area contributed by atoms with Crippen LogP contribution < -0.4 is 0 Å². The fraction of sp³-hybridized carbons (Fsp3) is 0.150. The number of halogens is 1. The normalized spacial score (nSPS) is 14.2. The van der Waals surface area contributed by atoms with Gasteiger partial charge in [0.05, 0.1) is 0 Å². The number of ether oxygens (including phenoxy) is 1. The molecule has 0 fully saturated rings. The Morgan fingerprint density at radius 3 is 2.35 bits per heavy atom. The molecular formula is C20H16ClNO4. The van der Waals surface area contributed by atoms with Gasteiger partial charge in [-0.3, -0.25) is 19.3 Å². The van der Waals surface area contributed by atoms with E-state index in [0.717, 1.165) is 0 Å². The molecule has 0 aromatic heterocycles. The van der Waals surface area contributed by atoms with Crippen LogP contribution in [0.25, 0.3) is 5.70 Å². The van der Waals surface area contributed by atoms with Crippen molar-refractivity contribution in [3.63, 3.8) is 0 Å². The van der Waals surface area contributed by atoms with Gasteiger partial charge in [-0.15, -0.1) is 0 Å². The van der Waals surface area contributed by atoms with Gasteiger partial charge >= 0.3 is 5.97 Å². The third-order valence-electron chi connectivity index (χ3n) is 4.13. The molecule has 1 aliphatic rings. The molecule has 1 amide bonds. The zero-order chi connectivity index (χ0) is 18.8. The summed E-state index contributed by atoms with van der Waals surface area (Å²) in [4.78, 5) is 38.2. The van der Waals surface area contributed by atoms with Crippen LogP contribution >= 0.6 is 11.6 Å². The highest BCUT2D eigenvalue weighted by Crippen LogP contribution is 2.30. The van der Waals surface area contributed by atoms with Crippen molar-refractivity contribution in [1.29, 1.82) is 0 Å². The summed E-state index contributed by atoms with van der Waals surface area (Å²) in [6.07, 6.45) is -0.975. The number of amides is 1. The lowest BCUT2D eigenvalue weighted by molar-refractivity contribution is -0.146. The number of ketones is 1. The lowest BCUT2D eigenvalue weighted by Gasteiger charge is -2.18. The summed E-state index contributed by atoms with van der Waals surface area (Å²) in [5.41, 5.74) is 2.02. The average Bonchev–Trinajstić information content (AvgIpc) is 2.87. The molecule has 2 aromatic carbocycles. The van der Waals surface area contributed by atoms with Gasteiger partial charge in [0.2, 0.25) is 5.78 Å². The highest BCUT2D eigenvalue weighted by molar-refractivity contribution is 6.30. The number of rotatable bonds is 5. The Morgan fingerprint density at radius 2 is 1.73 bits per heavy atom. The van der Waals surface area contributed by atoms with Crippen molar-refractivity contribution in [3.8, 4) is 0 Å². The zero-order valence-electron chi connectivity index (χ0n) is 14.1. The number of nitrogens with zero attached hydrogens (tertiary/aromatic N) is 1. The second kappa shape index (κ2) is 7.14. The molecule has 132 valence electrons. The van der Waals surface area contributed by atoms with Gasteiger partial charge in [-0.25, -0.2) is 0 Å². The minimum atomic E-state index is -0.975. The van der Waals surface area contributed by atoms with E-state index in [9.17, 15) is 14.4 Å². The number of carbonyl (C=O) groups is 3. The lowest BCUT2D eigenvalue weighted by Crippen LogP contribution is -2.34. The predicted molar refractivity (Wildman–Crippen MR) is 97.8 cm³/mol. The van der Waals surface area contributed by atoms with Crippen molar-refractivity contribution < 1.29 is 19.1 Å². The average molecular weight is 370 g/mol. The van der Waals surface area contributed by atoms with Crippen LogP contribution in [-0.2, 0) is 9.53 Å². The predicted octanol–water partition coefficient (Wildman–Crippen LogP) is 3.58. The highest BCUT2D eigenvalue weighted by atomic mass is 35.5. The third kappa shape index (κ3) is 3.39. The van der Waals surface area contributed by atoms with Crippen LogP contribution in [0.4, 0.5) is 0 Å². The Labute approximate surface area is 155 Å². The molecule has 1 aliphatic heterocycles. The lowest BCUT2D eigenvalue weighted by atomic mass is 10.1. The Balaban J connectivity index is 1.64. The standard InChI is InChI=1S/C20H16ClNO4/c1-12-16-5-3-4-6-17(16)20(25)22(12)11-18(23)26-13(2)19(24)14-7-9-15(21)10-8-14/h3-10,13H,1,11H2,2H3. The summed E-state index contributed by atoms with van der Waals surface area (Å²) in [7, 11) is 0. The number of hydrogen-bond acceptors (Lipinski definition) is 4. The Morgan fingerprint density at radius 1 is 1.12 bits per heavy atom. The summed E-state index contributed by atoms with van der Waals surface area (Å²) in [5.74, 6) is -1.33. The number of benzene rings is 2. The van der Waals surface area contributed by atoms with Crippen molar-refractivity contribution in [2.45, 2.75) is 13.0 Å². The quantitative estimate of drug-likeness (QED) is 0.597. The molecule has 1 atom stereocenters. The fourth-order valence-electron chi connectivity index (χ4n) is 2.77. The molecule has 0 aliphatic carbocycles. The summed E-state index contributed by atoms with van der Waals surface area (Å²) >= 11 is 5.80. The molecular weight excluding hydrogens is 354 g/mol. The first-order valence-corrected chi connectivity index (χ1v) is 8.35. The van der Waals surface area contributed by atoms with E-state index in [1.165, 1.54) is 11.8 Å². The van der Waals surface area contributed by atoms with Crippen LogP contribution in [0.3, 0.4) is 0 Å². The van der Waals surface area contributed by atoms with Crippen LogP contribution in [0, 0.1) is 0 Å². The monoisotopic (exact) mass is 369 g/mol. The minimum Gasteiger partial charge on any atom is -0.453 e.